The molecule has 1 atom stereocenters. The molecule has 0 aliphatic carbocycles. The van der Waals surface area contributed by atoms with E-state index < -0.39 is 0 Å². The number of benzene rings is 1. The van der Waals surface area contributed by atoms with Crippen molar-refractivity contribution in [1.82, 2.24) is 15.2 Å². The standard InChI is InChI=1S/C21H29FN4/c1-16-10-20(22)21(25-12-16)15-26(9-5-4-8-23)14-19-11-17-6-2-3-7-18(17)13-24-19/h2-3,6-7,10,12,19,24H,4-5,8-9,11,13-15,23H2,1H3/t19-/m1/s1. The first-order valence-corrected chi connectivity index (χ1v) is 9.49. The van der Waals surface area contributed by atoms with Crippen LogP contribution in [0.25, 0.3) is 0 Å². The number of aryl methyl sites for hydroxylation is 1. The normalized spacial score (nSPS) is 16.7. The Kier molecular flexibility index (Phi) is 6.72. The van der Waals surface area contributed by atoms with E-state index in [4.69, 9.17) is 5.73 Å². The van der Waals surface area contributed by atoms with E-state index in [1.54, 1.807) is 12.3 Å². The third-order valence-electron chi connectivity index (χ3n) is 5.00. The summed E-state index contributed by atoms with van der Waals surface area (Å²) in [5.74, 6) is -0.212. The van der Waals surface area contributed by atoms with Crippen LogP contribution >= 0.6 is 0 Å². The number of nitrogens with two attached hydrogens (primary N) is 1. The van der Waals surface area contributed by atoms with Crippen molar-refractivity contribution < 1.29 is 4.39 Å². The summed E-state index contributed by atoms with van der Waals surface area (Å²) in [7, 11) is 0. The minimum atomic E-state index is -0.212. The second kappa shape index (κ2) is 9.21. The van der Waals surface area contributed by atoms with Gasteiger partial charge in [0.1, 0.15) is 5.82 Å². The molecule has 0 radical (unpaired) electrons. The van der Waals surface area contributed by atoms with Crippen LogP contribution in [-0.2, 0) is 19.5 Å². The van der Waals surface area contributed by atoms with Crippen LogP contribution in [0, 0.1) is 12.7 Å². The molecule has 2 heterocycles. The average Bonchev–Trinajstić information content (AvgIpc) is 2.64. The molecule has 4 nitrogen and oxygen atoms in total. The quantitative estimate of drug-likeness (QED) is 0.714. The van der Waals surface area contributed by atoms with E-state index in [0.29, 0.717) is 24.8 Å². The first-order chi connectivity index (χ1) is 12.7. The molecule has 140 valence electrons. The van der Waals surface area contributed by atoms with Crippen molar-refractivity contribution in [3.8, 4) is 0 Å². The molecular weight excluding hydrogens is 327 g/mol. The number of aromatic nitrogens is 1. The van der Waals surface area contributed by atoms with Gasteiger partial charge in [0.25, 0.3) is 0 Å². The lowest BCUT2D eigenvalue weighted by Gasteiger charge is -2.31. The second-order valence-electron chi connectivity index (χ2n) is 7.22. The Morgan fingerprint density at radius 1 is 1.27 bits per heavy atom. The van der Waals surface area contributed by atoms with E-state index in [1.807, 2.05) is 6.92 Å². The van der Waals surface area contributed by atoms with Crippen LogP contribution in [0.5, 0.6) is 0 Å². The highest BCUT2D eigenvalue weighted by Gasteiger charge is 2.21. The zero-order valence-corrected chi connectivity index (χ0v) is 15.5. The highest BCUT2D eigenvalue weighted by molar-refractivity contribution is 5.30. The monoisotopic (exact) mass is 356 g/mol. The van der Waals surface area contributed by atoms with Crippen LogP contribution < -0.4 is 11.1 Å². The number of nitrogens with zero attached hydrogens (tertiary/aromatic N) is 2. The molecule has 0 saturated carbocycles. The Morgan fingerprint density at radius 3 is 2.85 bits per heavy atom. The summed E-state index contributed by atoms with van der Waals surface area (Å²) in [6.07, 6.45) is 4.76. The summed E-state index contributed by atoms with van der Waals surface area (Å²) in [5.41, 5.74) is 9.82. The number of nitrogens with one attached hydrogen (secondary N) is 1. The number of hydrogen-bond acceptors (Lipinski definition) is 4. The van der Waals surface area contributed by atoms with Gasteiger partial charge in [0.05, 0.1) is 5.69 Å². The molecule has 0 unspecified atom stereocenters. The van der Waals surface area contributed by atoms with E-state index in [0.717, 1.165) is 44.5 Å². The van der Waals surface area contributed by atoms with Gasteiger partial charge in [0.2, 0.25) is 0 Å². The Morgan fingerprint density at radius 2 is 2.08 bits per heavy atom. The Labute approximate surface area is 155 Å². The van der Waals surface area contributed by atoms with E-state index in [9.17, 15) is 4.39 Å². The fourth-order valence-electron chi connectivity index (χ4n) is 3.57. The van der Waals surface area contributed by atoms with Crippen LogP contribution in [0.4, 0.5) is 4.39 Å². The summed E-state index contributed by atoms with van der Waals surface area (Å²) >= 11 is 0. The lowest BCUT2D eigenvalue weighted by molar-refractivity contribution is 0.219. The maximum Gasteiger partial charge on any atom is 0.146 e. The number of unbranched alkanes of at least 4 members (excludes halogenated alkanes) is 1. The molecule has 1 aromatic heterocycles. The number of rotatable bonds is 8. The van der Waals surface area contributed by atoms with Crippen LogP contribution in [0.15, 0.2) is 36.5 Å². The lowest BCUT2D eigenvalue weighted by Crippen LogP contribution is -2.45. The van der Waals surface area contributed by atoms with Gasteiger partial charge in [-0.1, -0.05) is 24.3 Å². The van der Waals surface area contributed by atoms with Crippen molar-refractivity contribution in [3.63, 3.8) is 0 Å². The first-order valence-electron chi connectivity index (χ1n) is 9.49. The molecule has 3 rings (SSSR count). The average molecular weight is 356 g/mol. The molecule has 26 heavy (non-hydrogen) atoms. The van der Waals surface area contributed by atoms with E-state index in [1.165, 1.54) is 11.1 Å². The van der Waals surface area contributed by atoms with Gasteiger partial charge in [0.15, 0.2) is 0 Å². The fraction of sp³-hybridized carbons (Fsp3) is 0.476. The Bertz CT molecular complexity index is 719. The van der Waals surface area contributed by atoms with Gasteiger partial charge in [-0.25, -0.2) is 4.39 Å². The summed E-state index contributed by atoms with van der Waals surface area (Å²) in [5, 5.41) is 3.63. The van der Waals surface area contributed by atoms with Gasteiger partial charge in [-0.2, -0.15) is 0 Å². The van der Waals surface area contributed by atoms with Crippen LogP contribution in [-0.4, -0.2) is 35.6 Å². The molecular formula is C21H29FN4. The van der Waals surface area contributed by atoms with E-state index in [-0.39, 0.29) is 5.82 Å². The molecule has 1 aromatic carbocycles. The molecule has 0 spiro atoms. The van der Waals surface area contributed by atoms with Gasteiger partial charge >= 0.3 is 0 Å². The van der Waals surface area contributed by atoms with E-state index in [2.05, 4.69) is 39.5 Å². The zero-order chi connectivity index (χ0) is 18.4. The molecule has 2 aromatic rings. The molecule has 1 aliphatic rings. The number of hydrogen-bond donors (Lipinski definition) is 2. The van der Waals surface area contributed by atoms with E-state index >= 15 is 0 Å². The third-order valence-corrected chi connectivity index (χ3v) is 5.00. The second-order valence-corrected chi connectivity index (χ2v) is 7.22. The number of halogens is 1. The van der Waals surface area contributed by atoms with Gasteiger partial charge < -0.3 is 11.1 Å². The Hall–Kier alpha value is -1.82. The van der Waals surface area contributed by atoms with Crippen molar-refractivity contribution in [1.29, 1.82) is 0 Å². The minimum absolute atomic E-state index is 0.212. The predicted octanol–water partition coefficient (Wildman–Crippen LogP) is 2.78. The fourth-order valence-corrected chi connectivity index (χ4v) is 3.57. The van der Waals surface area contributed by atoms with Crippen LogP contribution in [0.3, 0.4) is 0 Å². The Balaban J connectivity index is 1.66. The highest BCUT2D eigenvalue weighted by Crippen LogP contribution is 2.18. The molecule has 0 fully saturated rings. The van der Waals surface area contributed by atoms with Gasteiger partial charge in [-0.3, -0.25) is 9.88 Å². The summed E-state index contributed by atoms with van der Waals surface area (Å²) < 4.78 is 14.3. The summed E-state index contributed by atoms with van der Waals surface area (Å²) in [4.78, 5) is 6.62. The smallest absolute Gasteiger partial charge is 0.146 e. The zero-order valence-electron chi connectivity index (χ0n) is 15.5. The molecule has 1 aliphatic heterocycles. The molecule has 0 amide bonds. The minimum Gasteiger partial charge on any atom is -0.330 e. The third kappa shape index (κ3) is 5.10. The topological polar surface area (TPSA) is 54.2 Å². The summed E-state index contributed by atoms with van der Waals surface area (Å²) in [6, 6.07) is 10.5. The van der Waals surface area contributed by atoms with Crippen molar-refractivity contribution in [2.24, 2.45) is 5.73 Å². The highest BCUT2D eigenvalue weighted by atomic mass is 19.1. The van der Waals surface area contributed by atoms with Crippen molar-refractivity contribution >= 4 is 0 Å². The van der Waals surface area contributed by atoms with Crippen LogP contribution in [0.2, 0.25) is 0 Å². The van der Waals surface area contributed by atoms with Crippen molar-refractivity contribution in [2.75, 3.05) is 19.6 Å². The van der Waals surface area contributed by atoms with Gasteiger partial charge in [-0.15, -0.1) is 0 Å². The summed E-state index contributed by atoms with van der Waals surface area (Å²) in [6.45, 7) is 5.79. The van der Waals surface area contributed by atoms with Gasteiger partial charge in [0, 0.05) is 31.9 Å². The predicted molar refractivity (Wildman–Crippen MR) is 103 cm³/mol. The van der Waals surface area contributed by atoms with Crippen molar-refractivity contribution in [3.05, 3.63) is 64.7 Å². The van der Waals surface area contributed by atoms with Gasteiger partial charge in [-0.05, 0) is 62.0 Å². The number of fused-ring (bicyclic) bond motifs is 1. The maximum atomic E-state index is 14.3. The molecule has 0 saturated heterocycles. The lowest BCUT2D eigenvalue weighted by atomic mass is 9.95. The molecule has 3 N–H and O–H groups in total. The first kappa shape index (κ1) is 19.0. The van der Waals surface area contributed by atoms with Crippen molar-refractivity contribution in [2.45, 2.75) is 45.3 Å². The SMILES string of the molecule is Cc1cnc(CN(CCCCN)C[C@H]2Cc3ccccc3CN2)c(F)c1. The number of pyridine rings is 1. The molecule has 0 bridgehead atoms. The largest absolute Gasteiger partial charge is 0.330 e. The van der Waals surface area contributed by atoms with Crippen LogP contribution in [0.1, 0.15) is 35.2 Å². The maximum absolute atomic E-state index is 14.3. The molecule has 5 heteroatoms.